The van der Waals surface area contributed by atoms with Crippen LogP contribution in [0, 0.1) is 0 Å². The number of nitrogens with one attached hydrogen (secondary N) is 1. The van der Waals surface area contributed by atoms with Crippen molar-refractivity contribution >= 4 is 33.2 Å². The number of nitrogens with zero attached hydrogens (tertiary/aromatic N) is 2. The Kier molecular flexibility index (Phi) is 8.64. The lowest BCUT2D eigenvalue weighted by Gasteiger charge is -2.25. The minimum absolute atomic E-state index is 0.149. The SMILES string of the molecule is O=C(CN(c1ccc(Cl)c(C(F)(F)F)c1)S(=O)(=O)c1ccccc1)NCc1ccccc1CN1CCCC1. The Hall–Kier alpha value is -3.08. The van der Waals surface area contributed by atoms with Crippen molar-refractivity contribution in [3.63, 3.8) is 0 Å². The number of amides is 1. The van der Waals surface area contributed by atoms with E-state index in [1.807, 2.05) is 24.3 Å². The minimum Gasteiger partial charge on any atom is -0.350 e. The van der Waals surface area contributed by atoms with E-state index in [1.165, 1.54) is 24.3 Å². The van der Waals surface area contributed by atoms with Crippen LogP contribution in [0.25, 0.3) is 0 Å². The van der Waals surface area contributed by atoms with E-state index in [0.29, 0.717) is 10.4 Å². The first kappa shape index (κ1) is 27.9. The van der Waals surface area contributed by atoms with Gasteiger partial charge in [0, 0.05) is 13.1 Å². The highest BCUT2D eigenvalue weighted by atomic mass is 35.5. The van der Waals surface area contributed by atoms with Gasteiger partial charge in [0.1, 0.15) is 6.54 Å². The van der Waals surface area contributed by atoms with Crippen molar-refractivity contribution in [1.82, 2.24) is 10.2 Å². The lowest BCUT2D eigenvalue weighted by atomic mass is 10.1. The molecule has 0 bridgehead atoms. The maximum absolute atomic E-state index is 13.5. The Morgan fingerprint density at radius 2 is 1.58 bits per heavy atom. The van der Waals surface area contributed by atoms with Gasteiger partial charge in [-0.25, -0.2) is 8.42 Å². The van der Waals surface area contributed by atoms with Crippen LogP contribution in [0.15, 0.2) is 77.7 Å². The van der Waals surface area contributed by atoms with Crippen molar-refractivity contribution in [3.8, 4) is 0 Å². The zero-order valence-corrected chi connectivity index (χ0v) is 22.0. The summed E-state index contributed by atoms with van der Waals surface area (Å²) in [6, 6.07) is 17.6. The topological polar surface area (TPSA) is 69.7 Å². The van der Waals surface area contributed by atoms with Gasteiger partial charge in [-0.05, 0) is 67.4 Å². The highest BCUT2D eigenvalue weighted by Crippen LogP contribution is 2.38. The molecule has 3 aromatic rings. The molecule has 38 heavy (non-hydrogen) atoms. The van der Waals surface area contributed by atoms with Crippen LogP contribution in [-0.2, 0) is 34.1 Å². The second kappa shape index (κ2) is 11.8. The van der Waals surface area contributed by atoms with Gasteiger partial charge in [0.15, 0.2) is 0 Å². The van der Waals surface area contributed by atoms with Crippen molar-refractivity contribution in [2.45, 2.75) is 37.0 Å². The number of hydrogen-bond acceptors (Lipinski definition) is 4. The summed E-state index contributed by atoms with van der Waals surface area (Å²) < 4.78 is 68.2. The van der Waals surface area contributed by atoms with E-state index in [-0.39, 0.29) is 17.1 Å². The number of carbonyl (C=O) groups excluding carboxylic acids is 1. The quantitative estimate of drug-likeness (QED) is 0.374. The molecule has 6 nitrogen and oxygen atoms in total. The lowest BCUT2D eigenvalue weighted by Crippen LogP contribution is -2.41. The number of rotatable bonds is 9. The molecule has 3 aromatic carbocycles. The third-order valence-corrected chi connectivity index (χ3v) is 8.47. The summed E-state index contributed by atoms with van der Waals surface area (Å²) in [7, 11) is -4.38. The fourth-order valence-electron chi connectivity index (χ4n) is 4.37. The molecule has 0 radical (unpaired) electrons. The number of sulfonamides is 1. The van der Waals surface area contributed by atoms with Crippen LogP contribution in [0.2, 0.25) is 5.02 Å². The Bertz CT molecular complexity index is 1380. The molecule has 1 N–H and O–H groups in total. The normalized spacial score (nSPS) is 14.4. The lowest BCUT2D eigenvalue weighted by molar-refractivity contribution is -0.137. The predicted molar refractivity (Wildman–Crippen MR) is 140 cm³/mol. The number of carbonyl (C=O) groups is 1. The van der Waals surface area contributed by atoms with E-state index in [4.69, 9.17) is 11.6 Å². The number of anilines is 1. The second-order valence-corrected chi connectivity index (χ2v) is 11.3. The highest BCUT2D eigenvalue weighted by molar-refractivity contribution is 7.92. The molecule has 1 heterocycles. The zero-order chi connectivity index (χ0) is 27.3. The van der Waals surface area contributed by atoms with Crippen LogP contribution in [0.4, 0.5) is 18.9 Å². The summed E-state index contributed by atoms with van der Waals surface area (Å²) in [4.78, 5) is 15.2. The van der Waals surface area contributed by atoms with Gasteiger partial charge in [-0.1, -0.05) is 54.1 Å². The van der Waals surface area contributed by atoms with Crippen molar-refractivity contribution < 1.29 is 26.4 Å². The molecule has 0 saturated carbocycles. The standard InChI is InChI=1S/C27H27ClF3N3O3S/c28-25-13-12-22(16-24(25)27(29,30)31)34(38(36,37)23-10-2-1-3-11-23)19-26(35)32-17-20-8-4-5-9-21(20)18-33-14-6-7-15-33/h1-5,8-13,16H,6-7,14-15,17-19H2,(H,32,35). The average Bonchev–Trinajstić information content (AvgIpc) is 3.40. The summed E-state index contributed by atoms with van der Waals surface area (Å²) >= 11 is 5.75. The van der Waals surface area contributed by atoms with E-state index in [0.717, 1.165) is 55.7 Å². The molecule has 1 amide bonds. The van der Waals surface area contributed by atoms with E-state index in [2.05, 4.69) is 10.2 Å². The van der Waals surface area contributed by atoms with Crippen LogP contribution in [0.5, 0.6) is 0 Å². The molecule has 202 valence electrons. The van der Waals surface area contributed by atoms with E-state index in [9.17, 15) is 26.4 Å². The van der Waals surface area contributed by atoms with Crippen LogP contribution in [0.3, 0.4) is 0 Å². The first-order chi connectivity index (χ1) is 18.1. The molecular formula is C27H27ClF3N3O3S. The molecule has 1 saturated heterocycles. The van der Waals surface area contributed by atoms with E-state index < -0.39 is 39.2 Å². The molecular weight excluding hydrogens is 539 g/mol. The van der Waals surface area contributed by atoms with Gasteiger partial charge < -0.3 is 5.32 Å². The molecule has 0 aromatic heterocycles. The molecule has 0 aliphatic carbocycles. The van der Waals surface area contributed by atoms with E-state index in [1.54, 1.807) is 6.07 Å². The third kappa shape index (κ3) is 6.67. The molecule has 0 unspecified atom stereocenters. The number of benzene rings is 3. The summed E-state index contributed by atoms with van der Waals surface area (Å²) in [5.41, 5.74) is 0.420. The molecule has 0 spiro atoms. The van der Waals surface area contributed by atoms with Crippen LogP contribution in [-0.4, -0.2) is 38.9 Å². The fourth-order valence-corrected chi connectivity index (χ4v) is 6.02. The number of hydrogen-bond donors (Lipinski definition) is 1. The molecule has 1 fully saturated rings. The predicted octanol–water partition coefficient (Wildman–Crippen LogP) is 5.47. The Balaban J connectivity index is 1.58. The largest absolute Gasteiger partial charge is 0.417 e. The van der Waals surface area contributed by atoms with Gasteiger partial charge in [-0.3, -0.25) is 14.0 Å². The van der Waals surface area contributed by atoms with Gasteiger partial charge >= 0.3 is 6.18 Å². The van der Waals surface area contributed by atoms with Crippen LogP contribution in [0.1, 0.15) is 29.5 Å². The second-order valence-electron chi connectivity index (χ2n) is 9.02. The van der Waals surface area contributed by atoms with Crippen molar-refractivity contribution in [2.24, 2.45) is 0 Å². The van der Waals surface area contributed by atoms with E-state index >= 15 is 0 Å². The summed E-state index contributed by atoms with van der Waals surface area (Å²) in [6.07, 6.45) is -2.52. The van der Waals surface area contributed by atoms with Gasteiger partial charge in [-0.15, -0.1) is 0 Å². The zero-order valence-electron chi connectivity index (χ0n) is 20.4. The molecule has 1 aliphatic heterocycles. The average molecular weight is 566 g/mol. The smallest absolute Gasteiger partial charge is 0.350 e. The van der Waals surface area contributed by atoms with Gasteiger partial charge in [-0.2, -0.15) is 13.2 Å². The van der Waals surface area contributed by atoms with Gasteiger partial charge in [0.05, 0.1) is 21.2 Å². The third-order valence-electron chi connectivity index (χ3n) is 6.35. The summed E-state index contributed by atoms with van der Waals surface area (Å²) in [5, 5.41) is 2.16. The molecule has 11 heteroatoms. The Labute approximate surface area is 225 Å². The fraction of sp³-hybridized carbons (Fsp3) is 0.296. The number of alkyl halides is 3. The van der Waals surface area contributed by atoms with Crippen molar-refractivity contribution in [3.05, 3.63) is 94.5 Å². The Morgan fingerprint density at radius 3 is 2.24 bits per heavy atom. The molecule has 1 aliphatic rings. The van der Waals surface area contributed by atoms with Gasteiger partial charge in [0.25, 0.3) is 10.0 Å². The number of halogens is 4. The maximum atomic E-state index is 13.5. The molecule has 0 atom stereocenters. The summed E-state index contributed by atoms with van der Waals surface area (Å²) in [6.45, 7) is 2.19. The monoisotopic (exact) mass is 565 g/mol. The highest BCUT2D eigenvalue weighted by Gasteiger charge is 2.35. The van der Waals surface area contributed by atoms with Crippen LogP contribution < -0.4 is 9.62 Å². The van der Waals surface area contributed by atoms with Crippen molar-refractivity contribution in [1.29, 1.82) is 0 Å². The van der Waals surface area contributed by atoms with Crippen LogP contribution >= 0.6 is 11.6 Å². The Morgan fingerprint density at radius 1 is 0.947 bits per heavy atom. The summed E-state index contributed by atoms with van der Waals surface area (Å²) in [5.74, 6) is -0.663. The number of likely N-dealkylation sites (tertiary alicyclic amines) is 1. The van der Waals surface area contributed by atoms with Crippen molar-refractivity contribution in [2.75, 3.05) is 23.9 Å². The first-order valence-electron chi connectivity index (χ1n) is 12.1. The maximum Gasteiger partial charge on any atom is 0.417 e. The molecule has 4 rings (SSSR count). The minimum atomic E-state index is -4.81. The first-order valence-corrected chi connectivity index (χ1v) is 13.9. The van der Waals surface area contributed by atoms with Gasteiger partial charge in [0.2, 0.25) is 5.91 Å².